The van der Waals surface area contributed by atoms with Gasteiger partial charge < -0.3 is 5.73 Å². The summed E-state index contributed by atoms with van der Waals surface area (Å²) in [5.41, 5.74) is 8.56. The van der Waals surface area contributed by atoms with Gasteiger partial charge in [-0.25, -0.2) is 0 Å². The van der Waals surface area contributed by atoms with E-state index in [0.717, 1.165) is 17.4 Å². The summed E-state index contributed by atoms with van der Waals surface area (Å²) in [5, 5.41) is 0. The Morgan fingerprint density at radius 2 is 2.00 bits per heavy atom. The van der Waals surface area contributed by atoms with E-state index < -0.39 is 10.1 Å². The van der Waals surface area contributed by atoms with Crippen LogP contribution in [0.2, 0.25) is 0 Å². The summed E-state index contributed by atoms with van der Waals surface area (Å²) in [7, 11) is -3.37. The molecule has 1 aromatic rings. The van der Waals surface area contributed by atoms with Gasteiger partial charge in [-0.15, -0.1) is 0 Å². The predicted molar refractivity (Wildman–Crippen MR) is 58.0 cm³/mol. The molecule has 0 amide bonds. The minimum Gasteiger partial charge on any atom is -0.399 e. The molecule has 0 bridgehead atoms. The Hall–Kier alpha value is -1.07. The molecule has 0 aliphatic heterocycles. The van der Waals surface area contributed by atoms with Gasteiger partial charge in [-0.1, -0.05) is 6.07 Å². The van der Waals surface area contributed by atoms with Gasteiger partial charge >= 0.3 is 0 Å². The van der Waals surface area contributed by atoms with Gasteiger partial charge in [0.15, 0.2) is 0 Å². The Morgan fingerprint density at radius 1 is 1.33 bits per heavy atom. The predicted octanol–water partition coefficient (Wildman–Crippen LogP) is 0.712. The molecule has 1 atom stereocenters. The summed E-state index contributed by atoms with van der Waals surface area (Å²) >= 11 is 0. The van der Waals surface area contributed by atoms with Crippen LogP contribution >= 0.6 is 0 Å². The number of hydrogen-bond acceptors (Lipinski definition) is 4. The summed E-state index contributed by atoms with van der Waals surface area (Å²) in [6.07, 6.45) is 2.07. The maximum Gasteiger partial charge on any atom is 0.264 e. The van der Waals surface area contributed by atoms with E-state index >= 15 is 0 Å². The maximum atomic E-state index is 11.0. The lowest BCUT2D eigenvalue weighted by Gasteiger charge is -2.07. The zero-order valence-electron chi connectivity index (χ0n) is 8.43. The van der Waals surface area contributed by atoms with Crippen LogP contribution in [-0.2, 0) is 27.1 Å². The first-order valence-corrected chi connectivity index (χ1v) is 6.51. The number of fused-ring (bicyclic) bond motifs is 1. The number of benzene rings is 1. The summed E-state index contributed by atoms with van der Waals surface area (Å²) < 4.78 is 26.9. The lowest BCUT2D eigenvalue weighted by Crippen LogP contribution is -2.17. The summed E-state index contributed by atoms with van der Waals surface area (Å²) in [4.78, 5) is 0. The summed E-state index contributed by atoms with van der Waals surface area (Å²) in [6.45, 7) is 0. The average molecular weight is 227 g/mol. The van der Waals surface area contributed by atoms with Crippen molar-refractivity contribution in [3.8, 4) is 0 Å². The average Bonchev–Trinajstić information content (AvgIpc) is 2.42. The highest BCUT2D eigenvalue weighted by atomic mass is 32.2. The first-order chi connectivity index (χ1) is 6.94. The molecule has 5 heteroatoms. The van der Waals surface area contributed by atoms with Crippen LogP contribution in [0.25, 0.3) is 0 Å². The molecule has 2 N–H and O–H groups in total. The first-order valence-electron chi connectivity index (χ1n) is 4.69. The number of hydrogen-bond donors (Lipinski definition) is 1. The molecule has 2 rings (SSSR count). The zero-order chi connectivity index (χ0) is 11.1. The molecule has 0 fully saturated rings. The second-order valence-corrected chi connectivity index (χ2v) is 5.46. The van der Waals surface area contributed by atoms with E-state index in [0.29, 0.717) is 18.5 Å². The van der Waals surface area contributed by atoms with E-state index in [2.05, 4.69) is 0 Å². The number of anilines is 1. The SMILES string of the molecule is CS(=O)(=O)OC1Cc2ccc(N)cc2C1. The van der Waals surface area contributed by atoms with Crippen molar-refractivity contribution in [1.82, 2.24) is 0 Å². The molecule has 0 saturated carbocycles. The highest BCUT2D eigenvalue weighted by molar-refractivity contribution is 7.86. The van der Waals surface area contributed by atoms with Crippen molar-refractivity contribution in [3.63, 3.8) is 0 Å². The second kappa shape index (κ2) is 3.50. The van der Waals surface area contributed by atoms with Crippen molar-refractivity contribution in [3.05, 3.63) is 29.3 Å². The lowest BCUT2D eigenvalue weighted by atomic mass is 10.1. The molecular weight excluding hydrogens is 214 g/mol. The fourth-order valence-corrected chi connectivity index (χ4v) is 2.54. The van der Waals surface area contributed by atoms with Gasteiger partial charge in [0.25, 0.3) is 10.1 Å². The molecule has 15 heavy (non-hydrogen) atoms. The quantitative estimate of drug-likeness (QED) is 0.597. The standard InChI is InChI=1S/C10H13NO3S/c1-15(12,13)14-10-5-7-2-3-9(11)4-8(7)6-10/h2-4,10H,5-6,11H2,1H3. The third-order valence-corrected chi connectivity index (χ3v) is 3.06. The van der Waals surface area contributed by atoms with E-state index in [9.17, 15) is 8.42 Å². The normalized spacial score (nSPS) is 20.2. The van der Waals surface area contributed by atoms with Gasteiger partial charge in [0, 0.05) is 18.5 Å². The molecule has 0 heterocycles. The van der Waals surface area contributed by atoms with Crippen LogP contribution in [-0.4, -0.2) is 20.8 Å². The van der Waals surface area contributed by atoms with Gasteiger partial charge in [0.2, 0.25) is 0 Å². The highest BCUT2D eigenvalue weighted by Gasteiger charge is 2.25. The van der Waals surface area contributed by atoms with Crippen molar-refractivity contribution < 1.29 is 12.6 Å². The largest absolute Gasteiger partial charge is 0.399 e. The molecule has 4 nitrogen and oxygen atoms in total. The topological polar surface area (TPSA) is 69.4 Å². The van der Waals surface area contributed by atoms with Crippen LogP contribution in [0.3, 0.4) is 0 Å². The third-order valence-electron chi connectivity index (χ3n) is 2.44. The van der Waals surface area contributed by atoms with Crippen molar-refractivity contribution in [2.24, 2.45) is 0 Å². The molecule has 82 valence electrons. The smallest absolute Gasteiger partial charge is 0.264 e. The Balaban J connectivity index is 2.16. The van der Waals surface area contributed by atoms with E-state index in [1.807, 2.05) is 18.2 Å². The van der Waals surface area contributed by atoms with Gasteiger partial charge in [-0.3, -0.25) is 4.18 Å². The Bertz CT molecular complexity index is 481. The van der Waals surface area contributed by atoms with Crippen LogP contribution in [0, 0.1) is 0 Å². The fraction of sp³-hybridized carbons (Fsp3) is 0.400. The highest BCUT2D eigenvalue weighted by Crippen LogP contribution is 2.26. The molecule has 0 radical (unpaired) electrons. The van der Waals surface area contributed by atoms with Crippen molar-refractivity contribution >= 4 is 15.8 Å². The maximum absolute atomic E-state index is 11.0. The van der Waals surface area contributed by atoms with Gasteiger partial charge in [0.1, 0.15) is 0 Å². The van der Waals surface area contributed by atoms with E-state index in [4.69, 9.17) is 9.92 Å². The van der Waals surface area contributed by atoms with Crippen molar-refractivity contribution in [1.29, 1.82) is 0 Å². The molecule has 0 aromatic heterocycles. The molecule has 1 aliphatic rings. The van der Waals surface area contributed by atoms with Crippen LogP contribution in [0.5, 0.6) is 0 Å². The Labute approximate surface area is 89.2 Å². The minimum atomic E-state index is -3.37. The van der Waals surface area contributed by atoms with Gasteiger partial charge in [-0.05, 0) is 23.3 Å². The van der Waals surface area contributed by atoms with Crippen LogP contribution in [0.1, 0.15) is 11.1 Å². The van der Waals surface area contributed by atoms with Crippen LogP contribution < -0.4 is 5.73 Å². The first kappa shape index (κ1) is 10.4. The van der Waals surface area contributed by atoms with E-state index in [1.54, 1.807) is 0 Å². The molecule has 0 saturated heterocycles. The third kappa shape index (κ3) is 2.49. The molecule has 1 aliphatic carbocycles. The summed E-state index contributed by atoms with van der Waals surface area (Å²) in [5.74, 6) is 0. The second-order valence-electron chi connectivity index (χ2n) is 3.86. The molecule has 0 spiro atoms. The monoisotopic (exact) mass is 227 g/mol. The fourth-order valence-electron chi connectivity index (χ4n) is 1.91. The number of nitrogen functional groups attached to an aromatic ring is 1. The zero-order valence-corrected chi connectivity index (χ0v) is 9.25. The van der Waals surface area contributed by atoms with Gasteiger partial charge in [0.05, 0.1) is 12.4 Å². The van der Waals surface area contributed by atoms with Crippen LogP contribution in [0.4, 0.5) is 5.69 Å². The molecular formula is C10H13NO3S. The molecule has 1 aromatic carbocycles. The number of nitrogens with two attached hydrogens (primary N) is 1. The van der Waals surface area contributed by atoms with Crippen LogP contribution in [0.15, 0.2) is 18.2 Å². The Morgan fingerprint density at radius 3 is 2.67 bits per heavy atom. The number of rotatable bonds is 2. The summed E-state index contributed by atoms with van der Waals surface area (Å²) in [6, 6.07) is 5.62. The Kier molecular flexibility index (Phi) is 2.44. The lowest BCUT2D eigenvalue weighted by molar-refractivity contribution is 0.223. The van der Waals surface area contributed by atoms with E-state index in [-0.39, 0.29) is 6.10 Å². The van der Waals surface area contributed by atoms with Gasteiger partial charge in [-0.2, -0.15) is 8.42 Å². The van der Waals surface area contributed by atoms with Crippen molar-refractivity contribution in [2.45, 2.75) is 18.9 Å². The minimum absolute atomic E-state index is 0.267. The molecule has 1 unspecified atom stereocenters. The van der Waals surface area contributed by atoms with Crippen molar-refractivity contribution in [2.75, 3.05) is 12.0 Å². The van der Waals surface area contributed by atoms with E-state index in [1.165, 1.54) is 0 Å².